The van der Waals surface area contributed by atoms with Gasteiger partial charge in [-0.3, -0.25) is 9.59 Å². The molecule has 0 saturated carbocycles. The van der Waals surface area contributed by atoms with Crippen molar-refractivity contribution in [2.75, 3.05) is 5.32 Å². The minimum atomic E-state index is -0.865. The Kier molecular flexibility index (Phi) is 7.59. The molecule has 0 aliphatic heterocycles. The fourth-order valence-electron chi connectivity index (χ4n) is 2.38. The molecular formula is C22H17BrClN3O3. The molecule has 3 aromatic rings. The van der Waals surface area contributed by atoms with Crippen molar-refractivity contribution >= 4 is 51.2 Å². The fraction of sp³-hybridized carbons (Fsp3) is 0.0455. The average Bonchev–Trinajstić information content (AvgIpc) is 2.75. The van der Waals surface area contributed by atoms with Crippen molar-refractivity contribution in [3.8, 4) is 5.75 Å². The van der Waals surface area contributed by atoms with Crippen LogP contribution in [0.25, 0.3) is 0 Å². The predicted octanol–water partition coefficient (Wildman–Crippen LogP) is 4.77. The molecule has 2 N–H and O–H groups in total. The van der Waals surface area contributed by atoms with Gasteiger partial charge in [0.05, 0.1) is 6.21 Å². The number of nitrogens with one attached hydrogen (secondary N) is 2. The van der Waals surface area contributed by atoms with Crippen LogP contribution in [0.1, 0.15) is 11.1 Å². The maximum Gasteiger partial charge on any atom is 0.329 e. The first-order valence-corrected chi connectivity index (χ1v) is 10.0. The third kappa shape index (κ3) is 6.72. The second kappa shape index (κ2) is 10.6. The number of hydrazone groups is 1. The van der Waals surface area contributed by atoms with Crippen molar-refractivity contribution in [2.45, 2.75) is 6.61 Å². The molecule has 0 radical (unpaired) electrons. The summed E-state index contributed by atoms with van der Waals surface area (Å²) in [6, 6.07) is 21.5. The molecule has 0 saturated heterocycles. The molecule has 0 aromatic heterocycles. The number of hydrogen-bond donors (Lipinski definition) is 2. The van der Waals surface area contributed by atoms with Gasteiger partial charge in [-0.1, -0.05) is 39.7 Å². The van der Waals surface area contributed by atoms with Crippen molar-refractivity contribution in [1.29, 1.82) is 0 Å². The van der Waals surface area contributed by atoms with Crippen LogP contribution in [0.15, 0.2) is 82.4 Å². The highest BCUT2D eigenvalue weighted by Gasteiger charge is 2.12. The van der Waals surface area contributed by atoms with Gasteiger partial charge in [0.15, 0.2) is 0 Å². The molecule has 0 heterocycles. The van der Waals surface area contributed by atoms with Gasteiger partial charge in [0.2, 0.25) is 0 Å². The van der Waals surface area contributed by atoms with E-state index in [2.05, 4.69) is 31.8 Å². The Balaban J connectivity index is 1.46. The van der Waals surface area contributed by atoms with E-state index < -0.39 is 11.8 Å². The summed E-state index contributed by atoms with van der Waals surface area (Å²) in [4.78, 5) is 23.7. The molecule has 0 aliphatic rings. The molecule has 3 rings (SSSR count). The molecule has 0 atom stereocenters. The van der Waals surface area contributed by atoms with Crippen molar-refractivity contribution < 1.29 is 14.3 Å². The number of anilines is 1. The van der Waals surface area contributed by atoms with Gasteiger partial charge in [0, 0.05) is 15.2 Å². The Labute approximate surface area is 187 Å². The molecule has 0 spiro atoms. The minimum absolute atomic E-state index is 0.400. The molecule has 0 unspecified atom stereocenters. The molecule has 152 valence electrons. The van der Waals surface area contributed by atoms with Crippen LogP contribution in [0.5, 0.6) is 5.75 Å². The summed E-state index contributed by atoms with van der Waals surface area (Å²) in [5.74, 6) is -0.986. The van der Waals surface area contributed by atoms with Gasteiger partial charge in [-0.15, -0.1) is 0 Å². The van der Waals surface area contributed by atoms with Gasteiger partial charge in [-0.2, -0.15) is 5.10 Å². The van der Waals surface area contributed by atoms with Crippen molar-refractivity contribution in [1.82, 2.24) is 5.43 Å². The van der Waals surface area contributed by atoms with Gasteiger partial charge in [0.25, 0.3) is 0 Å². The molecule has 8 heteroatoms. The molecule has 6 nitrogen and oxygen atoms in total. The van der Waals surface area contributed by atoms with E-state index in [9.17, 15) is 9.59 Å². The Bertz CT molecular complexity index is 1050. The number of carbonyl (C=O) groups is 2. The zero-order chi connectivity index (χ0) is 21.3. The van der Waals surface area contributed by atoms with E-state index in [1.807, 2.05) is 24.3 Å². The van der Waals surface area contributed by atoms with Crippen LogP contribution in [0.3, 0.4) is 0 Å². The van der Waals surface area contributed by atoms with Crippen LogP contribution in [0.2, 0.25) is 5.02 Å². The Hall–Kier alpha value is -3.16. The zero-order valence-electron chi connectivity index (χ0n) is 15.6. The zero-order valence-corrected chi connectivity index (χ0v) is 18.0. The van der Waals surface area contributed by atoms with Gasteiger partial charge < -0.3 is 10.1 Å². The van der Waals surface area contributed by atoms with E-state index in [1.54, 1.807) is 48.5 Å². The number of hydrogen-bond acceptors (Lipinski definition) is 4. The second-order valence-electron chi connectivity index (χ2n) is 6.15. The van der Waals surface area contributed by atoms with Crippen molar-refractivity contribution in [3.63, 3.8) is 0 Å². The van der Waals surface area contributed by atoms with E-state index in [4.69, 9.17) is 16.3 Å². The van der Waals surface area contributed by atoms with Crippen LogP contribution in [-0.4, -0.2) is 18.0 Å². The van der Waals surface area contributed by atoms with E-state index in [1.165, 1.54) is 6.21 Å². The van der Waals surface area contributed by atoms with Gasteiger partial charge in [-0.05, 0) is 71.8 Å². The molecular weight excluding hydrogens is 470 g/mol. The minimum Gasteiger partial charge on any atom is -0.489 e. The largest absolute Gasteiger partial charge is 0.489 e. The highest BCUT2D eigenvalue weighted by molar-refractivity contribution is 9.10. The standard InChI is InChI=1S/C22H17BrClN3O3/c23-17-6-8-19(9-7-17)26-21(28)22(29)27-25-13-15-4-10-20(11-5-15)30-14-16-2-1-3-18(24)12-16/h1-13H,14H2,(H,26,28)(H,27,29)/b25-13+. The van der Waals surface area contributed by atoms with Crippen LogP contribution < -0.4 is 15.5 Å². The topological polar surface area (TPSA) is 79.8 Å². The first-order valence-electron chi connectivity index (χ1n) is 8.87. The average molecular weight is 487 g/mol. The number of carbonyl (C=O) groups excluding carboxylic acids is 2. The summed E-state index contributed by atoms with van der Waals surface area (Å²) in [7, 11) is 0. The maximum atomic E-state index is 11.9. The maximum absolute atomic E-state index is 11.9. The van der Waals surface area contributed by atoms with Crippen LogP contribution in [-0.2, 0) is 16.2 Å². The number of nitrogens with zero attached hydrogens (tertiary/aromatic N) is 1. The second-order valence-corrected chi connectivity index (χ2v) is 7.50. The summed E-state index contributed by atoms with van der Waals surface area (Å²) in [6.45, 7) is 0.400. The smallest absolute Gasteiger partial charge is 0.329 e. The Morgan fingerprint density at radius 1 is 1.00 bits per heavy atom. The highest BCUT2D eigenvalue weighted by Crippen LogP contribution is 2.16. The normalized spacial score (nSPS) is 10.6. The van der Waals surface area contributed by atoms with E-state index in [0.717, 1.165) is 15.6 Å². The molecule has 3 aromatic carbocycles. The molecule has 0 fully saturated rings. The lowest BCUT2D eigenvalue weighted by atomic mass is 10.2. The molecule has 0 bridgehead atoms. The van der Waals surface area contributed by atoms with E-state index in [-0.39, 0.29) is 0 Å². The molecule has 2 amide bonds. The SMILES string of the molecule is O=C(N/N=C/c1ccc(OCc2cccc(Cl)c2)cc1)C(=O)Nc1ccc(Br)cc1. The Morgan fingerprint density at radius 3 is 2.43 bits per heavy atom. The van der Waals surface area contributed by atoms with E-state index >= 15 is 0 Å². The predicted molar refractivity (Wildman–Crippen MR) is 121 cm³/mol. The number of halogens is 2. The fourth-order valence-corrected chi connectivity index (χ4v) is 2.86. The van der Waals surface area contributed by atoms with Gasteiger partial charge in [0.1, 0.15) is 12.4 Å². The van der Waals surface area contributed by atoms with Crippen LogP contribution in [0.4, 0.5) is 5.69 Å². The Morgan fingerprint density at radius 2 is 1.73 bits per heavy atom. The van der Waals surface area contributed by atoms with E-state index in [0.29, 0.717) is 23.1 Å². The first-order chi connectivity index (χ1) is 14.5. The van der Waals surface area contributed by atoms with Crippen molar-refractivity contribution in [2.24, 2.45) is 5.10 Å². The number of ether oxygens (including phenoxy) is 1. The summed E-state index contributed by atoms with van der Waals surface area (Å²) >= 11 is 9.26. The number of amides is 2. The lowest BCUT2D eigenvalue weighted by Gasteiger charge is -2.07. The monoisotopic (exact) mass is 485 g/mol. The number of benzene rings is 3. The van der Waals surface area contributed by atoms with Crippen LogP contribution >= 0.6 is 27.5 Å². The van der Waals surface area contributed by atoms with Crippen LogP contribution in [0, 0.1) is 0 Å². The summed E-state index contributed by atoms with van der Waals surface area (Å²) < 4.78 is 6.58. The summed E-state index contributed by atoms with van der Waals surface area (Å²) in [5.41, 5.74) is 4.41. The molecule has 30 heavy (non-hydrogen) atoms. The first kappa shape index (κ1) is 21.5. The quantitative estimate of drug-likeness (QED) is 0.299. The van der Waals surface area contributed by atoms with Crippen molar-refractivity contribution in [3.05, 3.63) is 93.4 Å². The third-order valence-corrected chi connectivity index (χ3v) is 4.63. The summed E-state index contributed by atoms with van der Waals surface area (Å²) in [6.07, 6.45) is 1.44. The number of rotatable bonds is 6. The lowest BCUT2D eigenvalue weighted by Crippen LogP contribution is -2.32. The van der Waals surface area contributed by atoms with Gasteiger partial charge >= 0.3 is 11.8 Å². The molecule has 0 aliphatic carbocycles. The lowest BCUT2D eigenvalue weighted by molar-refractivity contribution is -0.136. The summed E-state index contributed by atoms with van der Waals surface area (Å²) in [5, 5.41) is 6.95. The highest BCUT2D eigenvalue weighted by atomic mass is 79.9. The van der Waals surface area contributed by atoms with Gasteiger partial charge in [-0.25, -0.2) is 5.43 Å². The third-order valence-electron chi connectivity index (χ3n) is 3.86.